The van der Waals surface area contributed by atoms with E-state index in [9.17, 15) is 10.1 Å². The van der Waals surface area contributed by atoms with Crippen LogP contribution in [0.15, 0.2) is 5.51 Å². The van der Waals surface area contributed by atoms with Crippen LogP contribution in [0, 0.1) is 24.0 Å². The zero-order valence-electron chi connectivity index (χ0n) is 11.9. The maximum absolute atomic E-state index is 11.2. The van der Waals surface area contributed by atoms with Gasteiger partial charge in [-0.05, 0) is 27.7 Å². The summed E-state index contributed by atoms with van der Waals surface area (Å²) in [7, 11) is 0. The number of hydrogen-bond acceptors (Lipinski definition) is 6. The Kier molecular flexibility index (Phi) is 4.03. The van der Waals surface area contributed by atoms with Gasteiger partial charge in [-0.3, -0.25) is 10.1 Å². The van der Waals surface area contributed by atoms with Crippen LogP contribution in [0.1, 0.15) is 36.2 Å². The second-order valence-corrected chi connectivity index (χ2v) is 5.73. The van der Waals surface area contributed by atoms with Crippen molar-refractivity contribution in [2.75, 3.05) is 5.32 Å². The van der Waals surface area contributed by atoms with Crippen LogP contribution in [0.25, 0.3) is 0 Å². The first-order valence-corrected chi connectivity index (χ1v) is 7.16. The van der Waals surface area contributed by atoms with Crippen molar-refractivity contribution in [1.82, 2.24) is 14.8 Å². The largest absolute Gasteiger partial charge is 0.360 e. The number of nitrogens with one attached hydrogen (secondary N) is 1. The van der Waals surface area contributed by atoms with Crippen LogP contribution in [-0.2, 0) is 6.54 Å². The highest BCUT2D eigenvalue weighted by molar-refractivity contribution is 7.09. The second-order valence-electron chi connectivity index (χ2n) is 4.79. The molecule has 0 saturated heterocycles. The summed E-state index contributed by atoms with van der Waals surface area (Å²) in [6, 6.07) is 0.0486. The van der Waals surface area contributed by atoms with Gasteiger partial charge < -0.3 is 5.32 Å². The molecule has 2 rings (SSSR count). The van der Waals surface area contributed by atoms with E-state index in [1.54, 1.807) is 17.1 Å². The van der Waals surface area contributed by atoms with Gasteiger partial charge in [-0.2, -0.15) is 5.10 Å². The average molecular weight is 295 g/mol. The fourth-order valence-corrected chi connectivity index (χ4v) is 2.67. The van der Waals surface area contributed by atoms with Crippen LogP contribution in [0.2, 0.25) is 0 Å². The monoisotopic (exact) mass is 295 g/mol. The van der Waals surface area contributed by atoms with Crippen molar-refractivity contribution < 1.29 is 4.92 Å². The van der Waals surface area contributed by atoms with E-state index in [0.29, 0.717) is 18.1 Å². The molecule has 0 spiro atoms. The molecule has 0 unspecified atom stereocenters. The smallest absolute Gasteiger partial charge is 0.333 e. The van der Waals surface area contributed by atoms with E-state index in [2.05, 4.69) is 15.4 Å². The lowest BCUT2D eigenvalue weighted by Gasteiger charge is -2.11. The summed E-state index contributed by atoms with van der Waals surface area (Å²) in [4.78, 5) is 16.1. The van der Waals surface area contributed by atoms with Crippen LogP contribution in [-0.4, -0.2) is 19.7 Å². The number of aromatic nitrogens is 3. The molecular weight excluding hydrogens is 278 g/mol. The zero-order chi connectivity index (χ0) is 14.9. The Morgan fingerprint density at radius 1 is 1.45 bits per heavy atom. The molecule has 0 aliphatic carbocycles. The standard InChI is InChI=1S/C12H17N5O2S/c1-7(2)16-12(11(17(18)19)9(4)15-16)13-5-10-8(3)14-6-20-10/h6-7,13H,5H2,1-4H3. The maximum atomic E-state index is 11.2. The van der Waals surface area contributed by atoms with Gasteiger partial charge in [-0.1, -0.05) is 0 Å². The molecule has 20 heavy (non-hydrogen) atoms. The highest BCUT2D eigenvalue weighted by Crippen LogP contribution is 2.31. The van der Waals surface area contributed by atoms with Gasteiger partial charge in [-0.25, -0.2) is 9.67 Å². The predicted molar refractivity (Wildman–Crippen MR) is 78.2 cm³/mol. The molecule has 0 radical (unpaired) electrons. The molecule has 0 fully saturated rings. The summed E-state index contributed by atoms with van der Waals surface area (Å²) in [6.07, 6.45) is 0. The van der Waals surface area contributed by atoms with Crippen LogP contribution in [0.5, 0.6) is 0 Å². The van der Waals surface area contributed by atoms with E-state index >= 15 is 0 Å². The third-order valence-electron chi connectivity index (χ3n) is 2.99. The van der Waals surface area contributed by atoms with Gasteiger partial charge in [0.25, 0.3) is 0 Å². The van der Waals surface area contributed by atoms with Crippen molar-refractivity contribution in [3.8, 4) is 0 Å². The Bertz CT molecular complexity index is 632. The molecule has 0 aliphatic rings. The molecule has 0 bridgehead atoms. The molecule has 0 aliphatic heterocycles. The summed E-state index contributed by atoms with van der Waals surface area (Å²) in [6.45, 7) is 7.97. The van der Waals surface area contributed by atoms with Crippen molar-refractivity contribution in [2.45, 2.75) is 40.3 Å². The predicted octanol–water partition coefficient (Wildman–Crippen LogP) is 3.06. The van der Waals surface area contributed by atoms with Gasteiger partial charge >= 0.3 is 5.69 Å². The summed E-state index contributed by atoms with van der Waals surface area (Å²) in [5.74, 6) is 0.454. The highest BCUT2D eigenvalue weighted by atomic mass is 32.1. The van der Waals surface area contributed by atoms with Crippen molar-refractivity contribution >= 4 is 22.8 Å². The highest BCUT2D eigenvalue weighted by Gasteiger charge is 2.26. The Labute approximate surface area is 120 Å². The number of nitro groups is 1. The summed E-state index contributed by atoms with van der Waals surface area (Å²) in [5.41, 5.74) is 3.18. The van der Waals surface area contributed by atoms with Crippen molar-refractivity contribution in [3.63, 3.8) is 0 Å². The lowest BCUT2D eigenvalue weighted by molar-refractivity contribution is -0.384. The van der Waals surface area contributed by atoms with Crippen LogP contribution < -0.4 is 5.32 Å². The Balaban J connectivity index is 2.34. The molecular formula is C12H17N5O2S. The topological polar surface area (TPSA) is 85.9 Å². The maximum Gasteiger partial charge on any atom is 0.333 e. The van der Waals surface area contributed by atoms with Gasteiger partial charge in [-0.15, -0.1) is 11.3 Å². The van der Waals surface area contributed by atoms with Crippen LogP contribution >= 0.6 is 11.3 Å². The van der Waals surface area contributed by atoms with E-state index in [1.165, 1.54) is 11.3 Å². The number of nitrogens with zero attached hydrogens (tertiary/aromatic N) is 4. The SMILES string of the molecule is Cc1ncsc1CNc1c([N+](=O)[O-])c(C)nn1C(C)C. The zero-order valence-corrected chi connectivity index (χ0v) is 12.7. The molecule has 2 aromatic heterocycles. The first kappa shape index (κ1) is 14.4. The number of thiazole rings is 1. The van der Waals surface area contributed by atoms with Gasteiger partial charge in [0.2, 0.25) is 5.82 Å². The molecule has 0 amide bonds. The summed E-state index contributed by atoms with van der Waals surface area (Å²) >= 11 is 1.53. The molecule has 1 N–H and O–H groups in total. The number of rotatable bonds is 5. The molecule has 0 atom stereocenters. The quantitative estimate of drug-likeness (QED) is 0.676. The van der Waals surface area contributed by atoms with E-state index in [1.807, 2.05) is 20.8 Å². The van der Waals surface area contributed by atoms with E-state index in [-0.39, 0.29) is 16.7 Å². The molecule has 8 heteroatoms. The molecule has 0 aromatic carbocycles. The van der Waals surface area contributed by atoms with E-state index in [4.69, 9.17) is 0 Å². The van der Waals surface area contributed by atoms with Gasteiger partial charge in [0, 0.05) is 10.9 Å². The first-order chi connectivity index (χ1) is 9.41. The van der Waals surface area contributed by atoms with Crippen LogP contribution in [0.4, 0.5) is 11.5 Å². The van der Waals surface area contributed by atoms with Crippen molar-refractivity contribution in [3.05, 3.63) is 31.9 Å². The third kappa shape index (κ3) is 2.64. The Morgan fingerprint density at radius 3 is 2.65 bits per heavy atom. The number of anilines is 1. The molecule has 2 heterocycles. The minimum Gasteiger partial charge on any atom is -0.360 e. The Morgan fingerprint density at radius 2 is 2.15 bits per heavy atom. The minimum absolute atomic E-state index is 0.0425. The average Bonchev–Trinajstić information content (AvgIpc) is 2.90. The molecule has 0 saturated carbocycles. The molecule has 108 valence electrons. The number of aryl methyl sites for hydroxylation is 2. The minimum atomic E-state index is -0.386. The fourth-order valence-electron chi connectivity index (χ4n) is 1.96. The summed E-state index contributed by atoms with van der Waals surface area (Å²) in [5, 5.41) is 18.6. The third-order valence-corrected chi connectivity index (χ3v) is 3.92. The second kappa shape index (κ2) is 5.58. The Hall–Kier alpha value is -1.96. The first-order valence-electron chi connectivity index (χ1n) is 6.28. The fraction of sp³-hybridized carbons (Fsp3) is 0.500. The summed E-state index contributed by atoms with van der Waals surface area (Å²) < 4.78 is 1.66. The van der Waals surface area contributed by atoms with E-state index < -0.39 is 0 Å². The van der Waals surface area contributed by atoms with Gasteiger partial charge in [0.1, 0.15) is 5.69 Å². The van der Waals surface area contributed by atoms with Gasteiger partial charge in [0.05, 0.1) is 22.7 Å². The lowest BCUT2D eigenvalue weighted by Crippen LogP contribution is -2.11. The normalized spacial score (nSPS) is 11.1. The molecule has 2 aromatic rings. The number of hydrogen-bond donors (Lipinski definition) is 1. The van der Waals surface area contributed by atoms with E-state index in [0.717, 1.165) is 10.6 Å². The molecule has 7 nitrogen and oxygen atoms in total. The van der Waals surface area contributed by atoms with Crippen LogP contribution in [0.3, 0.4) is 0 Å². The lowest BCUT2D eigenvalue weighted by atomic mass is 10.3. The van der Waals surface area contributed by atoms with Gasteiger partial charge in [0.15, 0.2) is 0 Å². The van der Waals surface area contributed by atoms with Crippen molar-refractivity contribution in [1.29, 1.82) is 0 Å². The van der Waals surface area contributed by atoms with Crippen molar-refractivity contribution in [2.24, 2.45) is 0 Å².